The molecular formula is C24H32N6O8. The Bertz CT molecular complexity index is 1090. The van der Waals surface area contributed by atoms with E-state index < -0.39 is 59.9 Å². The maximum absolute atomic E-state index is 13.2. The van der Waals surface area contributed by atoms with Crippen molar-refractivity contribution in [1.29, 1.82) is 0 Å². The molecule has 0 fully saturated rings. The summed E-state index contributed by atoms with van der Waals surface area (Å²) < 4.78 is 0. The van der Waals surface area contributed by atoms with Crippen LogP contribution in [0.4, 0.5) is 0 Å². The van der Waals surface area contributed by atoms with Gasteiger partial charge in [0, 0.05) is 31.2 Å². The molecule has 5 atom stereocenters. The Balaban J connectivity index is 2.16. The topological polar surface area (TPSA) is 237 Å². The number of carbonyl (C=O) groups is 5. The van der Waals surface area contributed by atoms with Gasteiger partial charge in [0.2, 0.25) is 17.7 Å². The molecular weight excluding hydrogens is 500 g/mol. The highest BCUT2D eigenvalue weighted by Crippen LogP contribution is 2.07. The standard InChI is InChI=1S/C24H32N6O8/c1-13(31)20(23(36)29-18(24(37)38)10-15-11-26-12-27-15)30-22(35)17(9-14-5-3-2-4-6-14)28-21(34)16(25)7-8-19(32)33/h2-6,11-13,16-18,20,31H,7-10,25H2,1H3,(H,26,27)(H,28,34)(H,29,36)(H,30,35)(H,32,33)(H,37,38). The minimum absolute atomic E-state index is 0.00418. The van der Waals surface area contributed by atoms with Crippen LogP contribution in [0.15, 0.2) is 42.9 Å². The van der Waals surface area contributed by atoms with Gasteiger partial charge in [-0.25, -0.2) is 9.78 Å². The molecule has 38 heavy (non-hydrogen) atoms. The lowest BCUT2D eigenvalue weighted by Gasteiger charge is -2.26. The summed E-state index contributed by atoms with van der Waals surface area (Å²) in [5.41, 5.74) is 6.88. The van der Waals surface area contributed by atoms with Crippen molar-refractivity contribution in [3.05, 3.63) is 54.1 Å². The molecule has 1 aromatic heterocycles. The van der Waals surface area contributed by atoms with E-state index in [1.54, 1.807) is 30.3 Å². The molecule has 3 amide bonds. The van der Waals surface area contributed by atoms with E-state index in [0.29, 0.717) is 11.3 Å². The zero-order valence-corrected chi connectivity index (χ0v) is 20.7. The third kappa shape index (κ3) is 9.63. The van der Waals surface area contributed by atoms with Crippen molar-refractivity contribution in [3.63, 3.8) is 0 Å². The van der Waals surface area contributed by atoms with Crippen molar-refractivity contribution in [2.45, 2.75) is 62.9 Å². The number of rotatable bonds is 15. The van der Waals surface area contributed by atoms with E-state index in [4.69, 9.17) is 10.8 Å². The zero-order chi connectivity index (χ0) is 28.2. The van der Waals surface area contributed by atoms with Crippen LogP contribution in [0.1, 0.15) is 31.0 Å². The van der Waals surface area contributed by atoms with Crippen LogP contribution < -0.4 is 21.7 Å². The Hall–Kier alpha value is -4.30. The summed E-state index contributed by atoms with van der Waals surface area (Å²) in [4.78, 5) is 67.6. The number of carboxylic acids is 2. The van der Waals surface area contributed by atoms with Gasteiger partial charge in [0.1, 0.15) is 18.1 Å². The van der Waals surface area contributed by atoms with Crippen LogP contribution in [-0.4, -0.2) is 85.2 Å². The van der Waals surface area contributed by atoms with E-state index in [2.05, 4.69) is 25.9 Å². The molecule has 206 valence electrons. The number of benzene rings is 1. The number of hydrogen-bond acceptors (Lipinski definition) is 8. The largest absolute Gasteiger partial charge is 0.481 e. The number of imidazole rings is 1. The number of H-pyrrole nitrogens is 1. The molecule has 0 saturated heterocycles. The lowest BCUT2D eigenvalue weighted by molar-refractivity contribution is -0.143. The molecule has 0 radical (unpaired) electrons. The number of carboxylic acid groups (broad SMARTS) is 2. The number of aliphatic carboxylic acids is 2. The molecule has 0 aliphatic heterocycles. The monoisotopic (exact) mass is 532 g/mol. The van der Waals surface area contributed by atoms with Crippen LogP contribution in [-0.2, 0) is 36.8 Å². The lowest BCUT2D eigenvalue weighted by Crippen LogP contribution is -2.60. The number of amides is 3. The summed E-state index contributed by atoms with van der Waals surface area (Å²) in [6.07, 6.45) is 0.687. The van der Waals surface area contributed by atoms with Gasteiger partial charge in [0.25, 0.3) is 0 Å². The molecule has 5 unspecified atom stereocenters. The number of nitrogens with zero attached hydrogens (tertiary/aromatic N) is 1. The Kier molecular flexibility index (Phi) is 11.4. The van der Waals surface area contributed by atoms with Gasteiger partial charge in [-0.1, -0.05) is 30.3 Å². The van der Waals surface area contributed by atoms with Gasteiger partial charge in [-0.2, -0.15) is 0 Å². The second kappa shape index (κ2) is 14.4. The first-order chi connectivity index (χ1) is 18.0. The van der Waals surface area contributed by atoms with Crippen molar-refractivity contribution in [2.75, 3.05) is 0 Å². The first-order valence-corrected chi connectivity index (χ1v) is 11.8. The number of aromatic amines is 1. The van der Waals surface area contributed by atoms with Gasteiger partial charge in [0.05, 0.1) is 18.5 Å². The number of carbonyl (C=O) groups excluding carboxylic acids is 3. The average Bonchev–Trinajstić information content (AvgIpc) is 3.38. The second-order valence-electron chi connectivity index (χ2n) is 8.70. The maximum Gasteiger partial charge on any atom is 0.326 e. The third-order valence-corrected chi connectivity index (χ3v) is 5.58. The van der Waals surface area contributed by atoms with Crippen LogP contribution in [0.3, 0.4) is 0 Å². The first-order valence-electron chi connectivity index (χ1n) is 11.8. The molecule has 0 bridgehead atoms. The van der Waals surface area contributed by atoms with Crippen molar-refractivity contribution < 1.29 is 39.3 Å². The Labute approximate surface area is 218 Å². The molecule has 0 spiro atoms. The molecule has 1 heterocycles. The summed E-state index contributed by atoms with van der Waals surface area (Å²) in [5.74, 6) is -5.04. The van der Waals surface area contributed by atoms with E-state index >= 15 is 0 Å². The molecule has 14 heteroatoms. The van der Waals surface area contributed by atoms with Crippen LogP contribution >= 0.6 is 0 Å². The normalized spacial score (nSPS) is 14.8. The predicted octanol–water partition coefficient (Wildman–Crippen LogP) is -1.69. The number of nitrogens with one attached hydrogen (secondary N) is 4. The average molecular weight is 533 g/mol. The van der Waals surface area contributed by atoms with Crippen LogP contribution in [0.25, 0.3) is 0 Å². The van der Waals surface area contributed by atoms with E-state index in [-0.39, 0.29) is 25.7 Å². The quantitative estimate of drug-likeness (QED) is 0.129. The van der Waals surface area contributed by atoms with Gasteiger partial charge in [0.15, 0.2) is 0 Å². The molecule has 14 nitrogen and oxygen atoms in total. The van der Waals surface area contributed by atoms with Gasteiger partial charge < -0.3 is 42.0 Å². The van der Waals surface area contributed by atoms with Crippen molar-refractivity contribution in [1.82, 2.24) is 25.9 Å². The number of aromatic nitrogens is 2. The van der Waals surface area contributed by atoms with Crippen molar-refractivity contribution in [3.8, 4) is 0 Å². The smallest absolute Gasteiger partial charge is 0.326 e. The van der Waals surface area contributed by atoms with Crippen LogP contribution in [0.2, 0.25) is 0 Å². The first kappa shape index (κ1) is 29.9. The third-order valence-electron chi connectivity index (χ3n) is 5.58. The molecule has 0 saturated carbocycles. The Morgan fingerprint density at radius 3 is 2.16 bits per heavy atom. The highest BCUT2D eigenvalue weighted by Gasteiger charge is 2.33. The number of aliphatic hydroxyl groups excluding tert-OH is 1. The highest BCUT2D eigenvalue weighted by molar-refractivity contribution is 5.94. The zero-order valence-electron chi connectivity index (χ0n) is 20.7. The van der Waals surface area contributed by atoms with Crippen LogP contribution in [0.5, 0.6) is 0 Å². The van der Waals surface area contributed by atoms with Gasteiger partial charge >= 0.3 is 11.9 Å². The molecule has 2 rings (SSSR count). The summed E-state index contributed by atoms with van der Waals surface area (Å²) in [7, 11) is 0. The molecule has 0 aliphatic rings. The lowest BCUT2D eigenvalue weighted by atomic mass is 10.0. The number of aliphatic hydroxyl groups is 1. The van der Waals surface area contributed by atoms with Gasteiger partial charge in [-0.3, -0.25) is 19.2 Å². The fourth-order valence-corrected chi connectivity index (χ4v) is 3.48. The molecule has 2 aromatic rings. The van der Waals surface area contributed by atoms with E-state index in [0.717, 1.165) is 0 Å². The fraction of sp³-hybridized carbons (Fsp3) is 0.417. The van der Waals surface area contributed by atoms with Crippen molar-refractivity contribution in [2.24, 2.45) is 5.73 Å². The minimum atomic E-state index is -1.55. The van der Waals surface area contributed by atoms with E-state index in [1.807, 2.05) is 0 Å². The maximum atomic E-state index is 13.2. The summed E-state index contributed by atoms with van der Waals surface area (Å²) in [5, 5.41) is 35.7. The van der Waals surface area contributed by atoms with Gasteiger partial charge in [-0.05, 0) is 18.9 Å². The van der Waals surface area contributed by atoms with Gasteiger partial charge in [-0.15, -0.1) is 0 Å². The summed E-state index contributed by atoms with van der Waals surface area (Å²) in [6.45, 7) is 1.24. The number of hydrogen-bond donors (Lipinski definition) is 8. The summed E-state index contributed by atoms with van der Waals surface area (Å²) >= 11 is 0. The van der Waals surface area contributed by atoms with E-state index in [1.165, 1.54) is 19.4 Å². The SMILES string of the molecule is CC(O)C(NC(=O)C(Cc1ccccc1)NC(=O)C(N)CCC(=O)O)C(=O)NC(Cc1cnc[nH]1)C(=O)O. The summed E-state index contributed by atoms with van der Waals surface area (Å²) in [6, 6.07) is 3.25. The predicted molar refractivity (Wildman–Crippen MR) is 132 cm³/mol. The molecule has 0 aliphatic carbocycles. The fourth-order valence-electron chi connectivity index (χ4n) is 3.48. The van der Waals surface area contributed by atoms with E-state index in [9.17, 15) is 34.2 Å². The minimum Gasteiger partial charge on any atom is -0.481 e. The van der Waals surface area contributed by atoms with Crippen LogP contribution in [0, 0.1) is 0 Å². The Morgan fingerprint density at radius 2 is 1.61 bits per heavy atom. The second-order valence-corrected chi connectivity index (χ2v) is 8.70. The molecule has 9 N–H and O–H groups in total. The molecule has 1 aromatic carbocycles. The Morgan fingerprint density at radius 1 is 0.947 bits per heavy atom. The highest BCUT2D eigenvalue weighted by atomic mass is 16.4. The number of nitrogens with two attached hydrogens (primary N) is 1. The van der Waals surface area contributed by atoms with Crippen molar-refractivity contribution >= 4 is 29.7 Å².